The normalized spacial score (nSPS) is 19.3. The van der Waals surface area contributed by atoms with Gasteiger partial charge in [-0.2, -0.15) is 4.31 Å². The van der Waals surface area contributed by atoms with Crippen molar-refractivity contribution in [2.24, 2.45) is 4.99 Å². The van der Waals surface area contributed by atoms with Crippen LogP contribution < -0.4 is 10.6 Å². The van der Waals surface area contributed by atoms with Gasteiger partial charge in [0.2, 0.25) is 10.0 Å². The first kappa shape index (κ1) is 23.9. The van der Waals surface area contributed by atoms with Gasteiger partial charge < -0.3 is 10.6 Å². The van der Waals surface area contributed by atoms with E-state index in [0.29, 0.717) is 37.4 Å². The van der Waals surface area contributed by atoms with Gasteiger partial charge in [-0.3, -0.25) is 4.99 Å². The number of rotatable bonds is 4. The number of amidine groups is 1. The summed E-state index contributed by atoms with van der Waals surface area (Å²) in [6.45, 7) is 11.7. The Balaban J connectivity index is 1.44. The average molecular weight is 469 g/mol. The fourth-order valence-electron chi connectivity index (χ4n) is 4.61. The summed E-state index contributed by atoms with van der Waals surface area (Å²) in [4.78, 5) is 5.16. The van der Waals surface area contributed by atoms with Crippen LogP contribution in [-0.4, -0.2) is 50.3 Å². The third kappa shape index (κ3) is 5.15. The van der Waals surface area contributed by atoms with E-state index >= 15 is 0 Å². The molecule has 2 aliphatic heterocycles. The Kier molecular flexibility index (Phi) is 6.67. The van der Waals surface area contributed by atoms with Crippen LogP contribution in [0.1, 0.15) is 50.3 Å². The maximum atomic E-state index is 13.3. The van der Waals surface area contributed by atoms with Crippen molar-refractivity contribution in [2.45, 2.75) is 62.9 Å². The molecular weight excluding hydrogens is 432 g/mol. The number of hydrogen-bond acceptors (Lipinski definition) is 5. The van der Waals surface area contributed by atoms with E-state index in [-0.39, 0.29) is 11.0 Å². The van der Waals surface area contributed by atoms with Crippen LogP contribution >= 0.6 is 0 Å². The molecule has 7 heteroatoms. The predicted octanol–water partition coefficient (Wildman–Crippen LogP) is 3.61. The van der Waals surface area contributed by atoms with Crippen LogP contribution in [0.3, 0.4) is 0 Å². The molecule has 2 aromatic carbocycles. The van der Waals surface area contributed by atoms with Crippen molar-refractivity contribution in [3.8, 4) is 0 Å². The summed E-state index contributed by atoms with van der Waals surface area (Å²) in [5.41, 5.74) is 3.29. The maximum absolute atomic E-state index is 13.3. The highest BCUT2D eigenvalue weighted by Crippen LogP contribution is 2.30. The number of hydrogen-bond donors (Lipinski definition) is 2. The summed E-state index contributed by atoms with van der Waals surface area (Å²) in [5.74, 6) is 0.959. The zero-order chi connectivity index (χ0) is 23.7. The second-order valence-electron chi connectivity index (χ2n) is 10.3. The highest BCUT2D eigenvalue weighted by atomic mass is 32.2. The number of sulfonamides is 1. The number of aliphatic imine (C=N–C) groups is 1. The zero-order valence-electron chi connectivity index (χ0n) is 20.2. The van der Waals surface area contributed by atoms with E-state index in [0.717, 1.165) is 24.5 Å². The van der Waals surface area contributed by atoms with Gasteiger partial charge in [-0.15, -0.1) is 0 Å². The van der Waals surface area contributed by atoms with Crippen molar-refractivity contribution in [1.29, 1.82) is 0 Å². The summed E-state index contributed by atoms with van der Waals surface area (Å²) in [6, 6.07) is 15.8. The van der Waals surface area contributed by atoms with Crippen LogP contribution in [0.25, 0.3) is 0 Å². The predicted molar refractivity (Wildman–Crippen MR) is 134 cm³/mol. The first-order chi connectivity index (χ1) is 15.6. The fraction of sp³-hybridized carbons (Fsp3) is 0.500. The quantitative estimate of drug-likeness (QED) is 0.719. The number of aryl methyl sites for hydroxylation is 1. The largest absolute Gasteiger partial charge is 0.368 e. The molecule has 2 aliphatic rings. The van der Waals surface area contributed by atoms with E-state index in [2.05, 4.69) is 62.6 Å². The lowest BCUT2D eigenvalue weighted by molar-refractivity contribution is 0.241. The molecule has 1 spiro atoms. The summed E-state index contributed by atoms with van der Waals surface area (Å²) in [7, 11) is -3.51. The summed E-state index contributed by atoms with van der Waals surface area (Å²) < 4.78 is 28.2. The molecule has 178 valence electrons. The van der Waals surface area contributed by atoms with Gasteiger partial charge in [0.1, 0.15) is 5.84 Å². The third-order valence-electron chi connectivity index (χ3n) is 6.81. The Morgan fingerprint density at radius 3 is 2.27 bits per heavy atom. The number of benzene rings is 2. The molecule has 0 aromatic heterocycles. The second-order valence-corrected chi connectivity index (χ2v) is 12.2. The summed E-state index contributed by atoms with van der Waals surface area (Å²) in [6.07, 6.45) is 1.40. The van der Waals surface area contributed by atoms with E-state index in [1.165, 1.54) is 11.1 Å². The summed E-state index contributed by atoms with van der Waals surface area (Å²) >= 11 is 0. The van der Waals surface area contributed by atoms with E-state index in [4.69, 9.17) is 4.99 Å². The number of nitrogens with zero attached hydrogens (tertiary/aromatic N) is 2. The minimum Gasteiger partial charge on any atom is -0.368 e. The molecule has 0 atom stereocenters. The molecule has 2 aromatic rings. The molecule has 1 saturated heterocycles. The van der Waals surface area contributed by atoms with Gasteiger partial charge in [-0.25, -0.2) is 8.42 Å². The minimum atomic E-state index is -3.51. The lowest BCUT2D eigenvalue weighted by Crippen LogP contribution is -2.64. The van der Waals surface area contributed by atoms with E-state index in [1.54, 1.807) is 16.4 Å². The zero-order valence-corrected chi connectivity index (χ0v) is 21.0. The molecule has 6 nitrogen and oxygen atoms in total. The Morgan fingerprint density at radius 2 is 1.67 bits per heavy atom. The standard InChI is InChI=1S/C26H36N4O2S/c1-20-5-7-21(8-6-20)19-28-24-26(29-16-15-27-24)13-17-30(18-14-26)33(31,32)23-11-9-22(10-12-23)25(2,3)4/h5-12,29H,13-19H2,1-4H3,(H,27,28). The van der Waals surface area contributed by atoms with Crippen molar-refractivity contribution in [2.75, 3.05) is 26.2 Å². The van der Waals surface area contributed by atoms with Gasteiger partial charge in [-0.05, 0) is 48.4 Å². The minimum absolute atomic E-state index is 0.00619. The Bertz CT molecular complexity index is 1090. The molecular formula is C26H36N4O2S. The molecule has 4 rings (SSSR count). The lowest BCUT2D eigenvalue weighted by atomic mass is 9.85. The van der Waals surface area contributed by atoms with Crippen molar-refractivity contribution < 1.29 is 8.42 Å². The lowest BCUT2D eigenvalue weighted by Gasteiger charge is -2.44. The highest BCUT2D eigenvalue weighted by Gasteiger charge is 2.43. The van der Waals surface area contributed by atoms with Gasteiger partial charge in [0, 0.05) is 26.2 Å². The molecule has 0 saturated carbocycles. The van der Waals surface area contributed by atoms with Gasteiger partial charge >= 0.3 is 0 Å². The summed E-state index contributed by atoms with van der Waals surface area (Å²) in [5, 5.41) is 7.19. The smallest absolute Gasteiger partial charge is 0.243 e. The molecule has 0 unspecified atom stereocenters. The molecule has 1 fully saturated rings. The van der Waals surface area contributed by atoms with Crippen LogP contribution in [0, 0.1) is 6.92 Å². The molecule has 0 aliphatic carbocycles. The highest BCUT2D eigenvalue weighted by molar-refractivity contribution is 7.89. The Labute approximate surface area is 198 Å². The Hall–Kier alpha value is -2.22. The first-order valence-electron chi connectivity index (χ1n) is 11.8. The van der Waals surface area contributed by atoms with E-state index in [9.17, 15) is 8.42 Å². The van der Waals surface area contributed by atoms with Crippen molar-refractivity contribution in [3.05, 3.63) is 65.2 Å². The van der Waals surface area contributed by atoms with Crippen LogP contribution in [0.4, 0.5) is 0 Å². The second kappa shape index (κ2) is 9.20. The Morgan fingerprint density at radius 1 is 1.03 bits per heavy atom. The van der Waals surface area contributed by atoms with Gasteiger partial charge in [-0.1, -0.05) is 62.7 Å². The number of piperidine rings is 1. The fourth-order valence-corrected chi connectivity index (χ4v) is 6.05. The van der Waals surface area contributed by atoms with Gasteiger partial charge in [0.25, 0.3) is 0 Å². The monoisotopic (exact) mass is 468 g/mol. The molecule has 0 amide bonds. The van der Waals surface area contributed by atoms with E-state index < -0.39 is 10.0 Å². The van der Waals surface area contributed by atoms with Gasteiger partial charge in [0.05, 0.1) is 17.0 Å². The molecule has 0 bridgehead atoms. The van der Waals surface area contributed by atoms with E-state index in [1.807, 2.05) is 12.1 Å². The molecule has 2 heterocycles. The molecule has 0 radical (unpaired) electrons. The van der Waals surface area contributed by atoms with Crippen LogP contribution in [0.5, 0.6) is 0 Å². The SMILES string of the molecule is Cc1ccc(CNC2=NCCNC23CCN(S(=O)(=O)c2ccc(C(C)(C)C)cc2)CC3)cc1. The van der Waals surface area contributed by atoms with Crippen LogP contribution in [0.2, 0.25) is 0 Å². The number of nitrogens with one attached hydrogen (secondary N) is 2. The molecule has 33 heavy (non-hydrogen) atoms. The van der Waals surface area contributed by atoms with Crippen molar-refractivity contribution >= 4 is 15.9 Å². The molecule has 2 N–H and O–H groups in total. The van der Waals surface area contributed by atoms with Crippen LogP contribution in [0.15, 0.2) is 58.4 Å². The first-order valence-corrected chi connectivity index (χ1v) is 13.2. The van der Waals surface area contributed by atoms with Crippen molar-refractivity contribution in [1.82, 2.24) is 14.9 Å². The van der Waals surface area contributed by atoms with Gasteiger partial charge in [0.15, 0.2) is 0 Å². The average Bonchev–Trinajstić information content (AvgIpc) is 2.79. The topological polar surface area (TPSA) is 73.8 Å². The van der Waals surface area contributed by atoms with Crippen LogP contribution in [-0.2, 0) is 22.0 Å². The van der Waals surface area contributed by atoms with Crippen molar-refractivity contribution in [3.63, 3.8) is 0 Å². The third-order valence-corrected chi connectivity index (χ3v) is 8.73. The maximum Gasteiger partial charge on any atom is 0.243 e.